The minimum atomic E-state index is -4.51. The number of rotatable bonds is 5. The Balaban J connectivity index is 1.97. The number of aromatic nitrogens is 2. The number of halogens is 3. The van der Waals surface area contributed by atoms with Gasteiger partial charge < -0.3 is 21.0 Å². The summed E-state index contributed by atoms with van der Waals surface area (Å²) in [6.07, 6.45) is -3.56. The number of benzene rings is 1. The van der Waals surface area contributed by atoms with E-state index in [2.05, 4.69) is 15.3 Å². The van der Waals surface area contributed by atoms with Crippen molar-refractivity contribution in [3.63, 3.8) is 0 Å². The fourth-order valence-corrected chi connectivity index (χ4v) is 2.33. The van der Waals surface area contributed by atoms with E-state index in [1.54, 1.807) is 0 Å². The number of alkyl halides is 3. The Bertz CT molecular complexity index is 814. The van der Waals surface area contributed by atoms with Crippen molar-refractivity contribution in [1.29, 1.82) is 0 Å². The van der Waals surface area contributed by atoms with Crippen LogP contribution in [0, 0.1) is 0 Å². The van der Waals surface area contributed by atoms with E-state index >= 15 is 0 Å². The van der Waals surface area contributed by atoms with Gasteiger partial charge in [-0.3, -0.25) is 4.79 Å². The molecule has 1 aromatic carbocycles. The summed E-state index contributed by atoms with van der Waals surface area (Å²) >= 11 is 0.842. The number of thioether (sulfide) groups is 1. The lowest BCUT2D eigenvalue weighted by Gasteiger charge is -2.10. The number of nitrogens with one attached hydrogen (secondary N) is 1. The first-order valence-electron chi connectivity index (χ1n) is 6.60. The van der Waals surface area contributed by atoms with Crippen LogP contribution >= 0.6 is 11.8 Å². The van der Waals surface area contributed by atoms with E-state index in [9.17, 15) is 27.9 Å². The molecule has 0 aliphatic rings. The molecule has 0 spiro atoms. The number of hydrogen-bond donors (Lipinski definition) is 2. The number of carbonyl (C=O) groups is 2. The van der Waals surface area contributed by atoms with Gasteiger partial charge in [-0.15, -0.1) is 0 Å². The maximum absolute atomic E-state index is 12.6. The molecule has 0 atom stereocenters. The molecule has 11 heteroatoms. The number of anilines is 2. The highest BCUT2D eigenvalue weighted by molar-refractivity contribution is 7.99. The van der Waals surface area contributed by atoms with Crippen molar-refractivity contribution in [2.24, 2.45) is 0 Å². The molecule has 3 N–H and O–H groups in total. The first-order chi connectivity index (χ1) is 11.7. The number of hydrogen-bond acceptors (Lipinski definition) is 7. The van der Waals surface area contributed by atoms with Crippen molar-refractivity contribution < 1.29 is 27.9 Å². The number of aromatic carboxylic acids is 1. The molecule has 0 radical (unpaired) electrons. The van der Waals surface area contributed by atoms with Crippen molar-refractivity contribution in [2.45, 2.75) is 11.3 Å². The van der Waals surface area contributed by atoms with Crippen molar-refractivity contribution in [3.05, 3.63) is 41.6 Å². The second kappa shape index (κ2) is 7.38. The van der Waals surface area contributed by atoms with Gasteiger partial charge in [-0.25, -0.2) is 9.97 Å². The first kappa shape index (κ1) is 18.5. The zero-order chi connectivity index (χ0) is 18.6. The first-order valence-corrected chi connectivity index (χ1v) is 7.59. The monoisotopic (exact) mass is 371 g/mol. The number of nitrogens with two attached hydrogens (primary N) is 1. The zero-order valence-electron chi connectivity index (χ0n) is 12.3. The van der Waals surface area contributed by atoms with E-state index in [1.165, 1.54) is 12.1 Å². The molecule has 0 unspecified atom stereocenters. The molecule has 1 amide bonds. The molecule has 0 fully saturated rings. The van der Waals surface area contributed by atoms with Gasteiger partial charge in [0.15, 0.2) is 5.16 Å². The molecular formula is C14H10F3N4O3S-. The number of carboxylic acid groups (broad SMARTS) is 1. The number of carbonyl (C=O) groups excluding carboxylic acids is 2. The molecular weight excluding hydrogens is 361 g/mol. The fourth-order valence-electron chi connectivity index (χ4n) is 1.71. The summed E-state index contributed by atoms with van der Waals surface area (Å²) in [6.45, 7) is 0. The Hall–Kier alpha value is -2.82. The maximum atomic E-state index is 12.6. The molecule has 132 valence electrons. The Morgan fingerprint density at radius 3 is 2.64 bits per heavy atom. The van der Waals surface area contributed by atoms with Crippen LogP contribution in [0.1, 0.15) is 15.9 Å². The number of carboxylic acids is 1. The number of nitrogens with zero attached hydrogens (tertiary/aromatic N) is 2. The van der Waals surface area contributed by atoms with Crippen molar-refractivity contribution in [3.8, 4) is 0 Å². The molecule has 0 saturated heterocycles. The van der Waals surface area contributed by atoms with Crippen LogP contribution in [-0.2, 0) is 11.0 Å². The van der Waals surface area contributed by atoms with Crippen molar-refractivity contribution in [2.75, 3.05) is 16.8 Å². The van der Waals surface area contributed by atoms with Gasteiger partial charge in [-0.1, -0.05) is 17.8 Å². The average Bonchev–Trinajstić information content (AvgIpc) is 2.52. The summed E-state index contributed by atoms with van der Waals surface area (Å²) in [4.78, 5) is 29.9. The molecule has 2 rings (SSSR count). The van der Waals surface area contributed by atoms with Crippen LogP contribution in [0.15, 0.2) is 35.6 Å². The molecule has 0 saturated carbocycles. The van der Waals surface area contributed by atoms with Gasteiger partial charge in [0.05, 0.1) is 22.8 Å². The third-order valence-electron chi connectivity index (χ3n) is 2.82. The summed E-state index contributed by atoms with van der Waals surface area (Å²) in [5.41, 5.74) is 4.15. The Morgan fingerprint density at radius 2 is 2.04 bits per heavy atom. The van der Waals surface area contributed by atoms with Crippen LogP contribution < -0.4 is 16.2 Å². The summed E-state index contributed by atoms with van der Waals surface area (Å²) in [7, 11) is 0. The largest absolute Gasteiger partial charge is 0.545 e. The van der Waals surface area contributed by atoms with Gasteiger partial charge in [0.25, 0.3) is 0 Å². The standard InChI is InChI=1S/C14H11F3N4O3S/c15-14(16,17)7-2-1-3-8(4-7)20-10(22)6-25-13-19-5-9(12(23)24)11(18)21-13/h1-5H,6H2,(H,20,22)(H,23,24)(H2,18,19,21)/p-1. The minimum absolute atomic E-state index is 0.00634. The van der Waals surface area contributed by atoms with Crippen LogP contribution in [0.25, 0.3) is 0 Å². The molecule has 7 nitrogen and oxygen atoms in total. The third-order valence-corrected chi connectivity index (χ3v) is 3.68. The molecule has 25 heavy (non-hydrogen) atoms. The highest BCUT2D eigenvalue weighted by atomic mass is 32.2. The van der Waals surface area contributed by atoms with Crippen LogP contribution in [0.2, 0.25) is 0 Å². The molecule has 1 heterocycles. The maximum Gasteiger partial charge on any atom is 0.416 e. The highest BCUT2D eigenvalue weighted by Crippen LogP contribution is 2.30. The molecule has 1 aromatic heterocycles. The van der Waals surface area contributed by atoms with E-state index < -0.39 is 23.6 Å². The summed E-state index contributed by atoms with van der Waals surface area (Å²) in [5, 5.41) is 13.0. The number of nitrogen functional groups attached to an aromatic ring is 1. The molecule has 0 aliphatic heterocycles. The summed E-state index contributed by atoms with van der Waals surface area (Å²) < 4.78 is 37.8. The van der Waals surface area contributed by atoms with Crippen LogP contribution in [0.3, 0.4) is 0 Å². The van der Waals surface area contributed by atoms with Crippen molar-refractivity contribution in [1.82, 2.24) is 9.97 Å². The zero-order valence-corrected chi connectivity index (χ0v) is 13.1. The fraction of sp³-hybridized carbons (Fsp3) is 0.143. The van der Waals surface area contributed by atoms with Crippen LogP contribution in [0.4, 0.5) is 24.7 Å². The molecule has 2 aromatic rings. The Kier molecular flexibility index (Phi) is 5.47. The van der Waals surface area contributed by atoms with E-state index in [0.29, 0.717) is 0 Å². The molecule has 0 bridgehead atoms. The van der Waals surface area contributed by atoms with Gasteiger partial charge in [-0.2, -0.15) is 13.2 Å². The summed E-state index contributed by atoms with van der Waals surface area (Å²) in [5.74, 6) is -2.64. The topological polar surface area (TPSA) is 121 Å². The van der Waals surface area contributed by atoms with Crippen LogP contribution in [-0.4, -0.2) is 27.6 Å². The average molecular weight is 371 g/mol. The highest BCUT2D eigenvalue weighted by Gasteiger charge is 2.30. The van der Waals surface area contributed by atoms with Gasteiger partial charge in [0.1, 0.15) is 5.82 Å². The van der Waals surface area contributed by atoms with E-state index in [4.69, 9.17) is 5.73 Å². The Morgan fingerprint density at radius 1 is 1.32 bits per heavy atom. The normalized spacial score (nSPS) is 11.2. The predicted octanol–water partition coefficient (Wildman–Crippen LogP) is 1.17. The second-order valence-electron chi connectivity index (χ2n) is 4.65. The van der Waals surface area contributed by atoms with Crippen molar-refractivity contribution >= 4 is 35.1 Å². The SMILES string of the molecule is Nc1nc(SCC(=O)Nc2cccc(C(F)(F)F)c2)ncc1C(=O)[O-]. The lowest BCUT2D eigenvalue weighted by atomic mass is 10.2. The quantitative estimate of drug-likeness (QED) is 0.598. The van der Waals surface area contributed by atoms with Gasteiger partial charge in [0, 0.05) is 11.9 Å². The number of amides is 1. The predicted molar refractivity (Wildman–Crippen MR) is 81.6 cm³/mol. The minimum Gasteiger partial charge on any atom is -0.545 e. The third kappa shape index (κ3) is 5.08. The van der Waals surface area contributed by atoms with E-state index in [0.717, 1.165) is 30.1 Å². The van der Waals surface area contributed by atoms with E-state index in [1.807, 2.05) is 0 Å². The lowest BCUT2D eigenvalue weighted by Crippen LogP contribution is -2.24. The van der Waals surface area contributed by atoms with Gasteiger partial charge >= 0.3 is 6.18 Å². The smallest absolute Gasteiger partial charge is 0.416 e. The van der Waals surface area contributed by atoms with Crippen LogP contribution in [0.5, 0.6) is 0 Å². The van der Waals surface area contributed by atoms with E-state index in [-0.39, 0.29) is 28.0 Å². The second-order valence-corrected chi connectivity index (χ2v) is 5.60. The molecule has 0 aliphatic carbocycles. The van der Waals surface area contributed by atoms with Gasteiger partial charge in [-0.05, 0) is 18.2 Å². The summed E-state index contributed by atoms with van der Waals surface area (Å²) in [6, 6.07) is 4.20. The lowest BCUT2D eigenvalue weighted by molar-refractivity contribution is -0.255. The van der Waals surface area contributed by atoms with Gasteiger partial charge in [0.2, 0.25) is 5.91 Å². The Labute approximate surface area is 143 Å².